The lowest BCUT2D eigenvalue weighted by Gasteiger charge is -2.41. The lowest BCUT2D eigenvalue weighted by atomic mass is 9.74. The molecule has 1 aliphatic heterocycles. The predicted molar refractivity (Wildman–Crippen MR) is 106 cm³/mol. The van der Waals surface area contributed by atoms with Crippen molar-refractivity contribution in [3.05, 3.63) is 71.8 Å². The van der Waals surface area contributed by atoms with E-state index in [4.69, 9.17) is 4.74 Å². The van der Waals surface area contributed by atoms with Gasteiger partial charge in [-0.05, 0) is 17.5 Å². The molecule has 3 nitrogen and oxygen atoms in total. The highest BCUT2D eigenvalue weighted by Gasteiger charge is 2.39. The van der Waals surface area contributed by atoms with Crippen LogP contribution >= 0.6 is 0 Å². The third kappa shape index (κ3) is 4.53. The van der Waals surface area contributed by atoms with E-state index in [2.05, 4.69) is 48.2 Å². The summed E-state index contributed by atoms with van der Waals surface area (Å²) >= 11 is 0. The summed E-state index contributed by atoms with van der Waals surface area (Å²) in [5.74, 6) is 0.0377. The van der Waals surface area contributed by atoms with Crippen molar-refractivity contribution in [1.82, 2.24) is 4.90 Å². The normalized spacial score (nSPS) is 19.0. The Morgan fingerprint density at radius 3 is 2.23 bits per heavy atom. The largest absolute Gasteiger partial charge is 0.384 e. The van der Waals surface area contributed by atoms with Gasteiger partial charge in [-0.2, -0.15) is 0 Å². The van der Waals surface area contributed by atoms with Crippen LogP contribution in [0, 0.1) is 0 Å². The van der Waals surface area contributed by atoms with Gasteiger partial charge >= 0.3 is 0 Å². The van der Waals surface area contributed by atoms with E-state index in [1.165, 1.54) is 5.56 Å². The van der Waals surface area contributed by atoms with Crippen molar-refractivity contribution < 1.29 is 9.84 Å². The smallest absolute Gasteiger partial charge is 0.0977 e. The van der Waals surface area contributed by atoms with Crippen molar-refractivity contribution in [3.63, 3.8) is 0 Å². The van der Waals surface area contributed by atoms with Gasteiger partial charge in [-0.25, -0.2) is 0 Å². The van der Waals surface area contributed by atoms with E-state index in [1.54, 1.807) is 0 Å². The molecule has 1 aliphatic rings. The summed E-state index contributed by atoms with van der Waals surface area (Å²) in [6.45, 7) is 6.46. The molecule has 140 valence electrons. The second-order valence-corrected chi connectivity index (χ2v) is 7.27. The lowest BCUT2D eigenvalue weighted by molar-refractivity contribution is -0.0293. The topological polar surface area (TPSA) is 32.7 Å². The maximum atomic E-state index is 12.0. The molecule has 0 spiro atoms. The van der Waals surface area contributed by atoms with Gasteiger partial charge in [-0.1, -0.05) is 80.4 Å². The Morgan fingerprint density at radius 1 is 1.00 bits per heavy atom. The number of nitrogens with zero attached hydrogens (tertiary/aromatic N) is 1. The number of hydrogen-bond donors (Lipinski definition) is 1. The quantitative estimate of drug-likeness (QED) is 0.773. The van der Waals surface area contributed by atoms with Gasteiger partial charge in [0.15, 0.2) is 0 Å². The van der Waals surface area contributed by atoms with Crippen molar-refractivity contribution in [2.75, 3.05) is 32.8 Å². The zero-order valence-corrected chi connectivity index (χ0v) is 15.8. The molecule has 0 unspecified atom stereocenters. The number of ether oxygens (including phenoxy) is 1. The number of morpholine rings is 1. The van der Waals surface area contributed by atoms with Crippen LogP contribution in [0.25, 0.3) is 0 Å². The fourth-order valence-corrected chi connectivity index (χ4v) is 3.95. The molecular formula is C23H31NO2. The van der Waals surface area contributed by atoms with Crippen molar-refractivity contribution >= 4 is 0 Å². The highest BCUT2D eigenvalue weighted by Crippen LogP contribution is 2.41. The minimum Gasteiger partial charge on any atom is -0.384 e. The van der Waals surface area contributed by atoms with E-state index >= 15 is 0 Å². The first-order chi connectivity index (χ1) is 12.7. The molecule has 0 bridgehead atoms. The molecule has 0 saturated carbocycles. The van der Waals surface area contributed by atoms with Crippen LogP contribution in [-0.2, 0) is 10.3 Å². The summed E-state index contributed by atoms with van der Waals surface area (Å²) in [4.78, 5) is 2.43. The molecule has 0 aromatic heterocycles. The zero-order valence-electron chi connectivity index (χ0n) is 15.8. The summed E-state index contributed by atoms with van der Waals surface area (Å²) in [5, 5.41) is 12.0. The van der Waals surface area contributed by atoms with Crippen molar-refractivity contribution in [2.45, 2.75) is 37.7 Å². The van der Waals surface area contributed by atoms with Gasteiger partial charge in [0.1, 0.15) is 0 Å². The Kier molecular flexibility index (Phi) is 6.84. The average molecular weight is 354 g/mol. The second kappa shape index (κ2) is 9.31. The van der Waals surface area contributed by atoms with E-state index in [1.807, 2.05) is 24.3 Å². The Morgan fingerprint density at radius 2 is 1.62 bits per heavy atom. The first-order valence-corrected chi connectivity index (χ1v) is 9.87. The van der Waals surface area contributed by atoms with E-state index in [0.29, 0.717) is 0 Å². The molecular weight excluding hydrogens is 322 g/mol. The van der Waals surface area contributed by atoms with Gasteiger partial charge in [0.2, 0.25) is 0 Å². The van der Waals surface area contributed by atoms with Gasteiger partial charge in [-0.15, -0.1) is 0 Å². The van der Waals surface area contributed by atoms with Gasteiger partial charge in [0.25, 0.3) is 0 Å². The van der Waals surface area contributed by atoms with Gasteiger partial charge in [-0.3, -0.25) is 4.90 Å². The molecule has 0 amide bonds. The maximum Gasteiger partial charge on any atom is 0.0977 e. The van der Waals surface area contributed by atoms with Crippen LogP contribution in [0.2, 0.25) is 0 Å². The lowest BCUT2D eigenvalue weighted by Crippen LogP contribution is -2.45. The van der Waals surface area contributed by atoms with Crippen molar-refractivity contribution in [1.29, 1.82) is 0 Å². The van der Waals surface area contributed by atoms with Crippen LogP contribution in [0.5, 0.6) is 0 Å². The Balaban J connectivity index is 1.97. The molecule has 1 fully saturated rings. The number of unbranched alkanes of at least 4 members (excludes halogenated alkanes) is 1. The third-order valence-electron chi connectivity index (χ3n) is 5.51. The maximum absolute atomic E-state index is 12.0. The molecule has 3 rings (SSSR count). The summed E-state index contributed by atoms with van der Waals surface area (Å²) in [6, 6.07) is 20.7. The van der Waals surface area contributed by atoms with Crippen LogP contribution in [0.4, 0.5) is 0 Å². The summed E-state index contributed by atoms with van der Waals surface area (Å²) in [6.07, 6.45) is 2.86. The molecule has 1 heterocycles. The highest BCUT2D eigenvalue weighted by atomic mass is 16.5. The van der Waals surface area contributed by atoms with Crippen LogP contribution in [0.1, 0.15) is 43.2 Å². The fourth-order valence-electron chi connectivity index (χ4n) is 3.95. The van der Waals surface area contributed by atoms with Crippen LogP contribution < -0.4 is 0 Å². The second-order valence-electron chi connectivity index (χ2n) is 7.27. The standard InChI is InChI=1S/C23H31NO2/c1-2-3-14-23(25,21-12-8-5-9-13-21)22(20-10-6-4-7-11-20)19-24-15-17-26-18-16-24/h4-13,22,25H,2-3,14-19H2,1H3/t22-,23+/m0/s1. The van der Waals surface area contributed by atoms with Crippen molar-refractivity contribution in [2.24, 2.45) is 0 Å². The summed E-state index contributed by atoms with van der Waals surface area (Å²) in [5.41, 5.74) is 1.37. The molecule has 2 atom stereocenters. The Hall–Kier alpha value is -1.68. The molecule has 1 N–H and O–H groups in total. The van der Waals surface area contributed by atoms with Gasteiger partial charge in [0.05, 0.1) is 18.8 Å². The number of benzene rings is 2. The minimum atomic E-state index is -0.864. The monoisotopic (exact) mass is 353 g/mol. The average Bonchev–Trinajstić information content (AvgIpc) is 2.72. The molecule has 26 heavy (non-hydrogen) atoms. The minimum absolute atomic E-state index is 0.0377. The van der Waals surface area contributed by atoms with E-state index in [-0.39, 0.29) is 5.92 Å². The molecule has 3 heteroatoms. The van der Waals surface area contributed by atoms with Gasteiger partial charge in [0, 0.05) is 25.6 Å². The first kappa shape index (κ1) is 19.1. The van der Waals surface area contributed by atoms with Crippen LogP contribution in [0.3, 0.4) is 0 Å². The summed E-state index contributed by atoms with van der Waals surface area (Å²) < 4.78 is 5.52. The SMILES string of the molecule is CCCC[C@@](O)(c1ccccc1)[C@@H](CN1CCOCC1)c1ccccc1. The van der Waals surface area contributed by atoms with Crippen LogP contribution in [-0.4, -0.2) is 42.9 Å². The first-order valence-electron chi connectivity index (χ1n) is 9.87. The van der Waals surface area contributed by atoms with Crippen LogP contribution in [0.15, 0.2) is 60.7 Å². The number of aliphatic hydroxyl groups is 1. The highest BCUT2D eigenvalue weighted by molar-refractivity contribution is 5.31. The van der Waals surface area contributed by atoms with E-state index in [9.17, 15) is 5.11 Å². The Labute approximate surface area is 157 Å². The van der Waals surface area contributed by atoms with E-state index in [0.717, 1.165) is 57.7 Å². The van der Waals surface area contributed by atoms with E-state index < -0.39 is 5.60 Å². The molecule has 2 aromatic carbocycles. The number of rotatable bonds is 8. The molecule has 0 aliphatic carbocycles. The summed E-state index contributed by atoms with van der Waals surface area (Å²) in [7, 11) is 0. The zero-order chi connectivity index (χ0) is 18.2. The van der Waals surface area contributed by atoms with Crippen molar-refractivity contribution in [3.8, 4) is 0 Å². The number of hydrogen-bond acceptors (Lipinski definition) is 3. The fraction of sp³-hybridized carbons (Fsp3) is 0.478. The molecule has 1 saturated heterocycles. The predicted octanol–water partition coefficient (Wildman–Crippen LogP) is 4.18. The Bertz CT molecular complexity index is 640. The molecule has 0 radical (unpaired) electrons. The van der Waals surface area contributed by atoms with Gasteiger partial charge < -0.3 is 9.84 Å². The third-order valence-corrected chi connectivity index (χ3v) is 5.51. The molecule has 2 aromatic rings.